The molecule has 12 heteroatoms. The van der Waals surface area contributed by atoms with Crippen molar-refractivity contribution in [2.75, 3.05) is 31.1 Å². The van der Waals surface area contributed by atoms with Crippen LogP contribution in [0.15, 0.2) is 12.1 Å². The second-order valence-corrected chi connectivity index (χ2v) is 11.4. The zero-order valence-corrected chi connectivity index (χ0v) is 24.3. The number of carbonyl (C=O) groups is 4. The lowest BCUT2D eigenvalue weighted by atomic mass is 9.98. The number of rotatable bonds is 7. The number of nitrogens with zero attached hydrogens (tertiary/aromatic N) is 3. The van der Waals surface area contributed by atoms with E-state index in [1.807, 2.05) is 13.8 Å². The third-order valence-electron chi connectivity index (χ3n) is 6.77. The van der Waals surface area contributed by atoms with Crippen molar-refractivity contribution in [2.45, 2.75) is 91.5 Å². The molecule has 0 unspecified atom stereocenters. The fourth-order valence-electron chi connectivity index (χ4n) is 4.93. The van der Waals surface area contributed by atoms with Gasteiger partial charge in [-0.05, 0) is 72.1 Å². The van der Waals surface area contributed by atoms with Crippen molar-refractivity contribution in [1.82, 2.24) is 15.1 Å². The highest BCUT2D eigenvalue weighted by atomic mass is 19.3. The molecule has 0 bridgehead atoms. The summed E-state index contributed by atoms with van der Waals surface area (Å²) >= 11 is 0. The van der Waals surface area contributed by atoms with E-state index in [-0.39, 0.29) is 60.4 Å². The van der Waals surface area contributed by atoms with E-state index in [2.05, 4.69) is 5.32 Å². The molecule has 0 saturated carbocycles. The standard InChI is InChI=1S/C28H40F2N4O6/c1-8-23(35)31-11-13-33-21-15-20(18(4)14-22(21)39-28(29,30)25(33)37)24(36)34(17(2)3)19-10-9-12-32(16-19)26(38)40-27(5,6)7/h14-15,17,19H,8-13,16H2,1-7H3,(H,31,35)/t19-/m1/s1. The normalized spacial score (nSPS) is 18.6. The van der Waals surface area contributed by atoms with Crippen molar-refractivity contribution >= 4 is 29.5 Å². The maximum atomic E-state index is 14.4. The molecule has 1 fully saturated rings. The minimum atomic E-state index is -4.09. The first kappa shape index (κ1) is 31.1. The fourth-order valence-corrected chi connectivity index (χ4v) is 4.93. The van der Waals surface area contributed by atoms with E-state index >= 15 is 0 Å². The molecule has 10 nitrogen and oxygen atoms in total. The van der Waals surface area contributed by atoms with Crippen LogP contribution in [0.2, 0.25) is 0 Å². The maximum Gasteiger partial charge on any atom is 0.482 e. The number of fused-ring (bicyclic) bond motifs is 1. The summed E-state index contributed by atoms with van der Waals surface area (Å²) in [4.78, 5) is 55.1. The van der Waals surface area contributed by atoms with Gasteiger partial charge in [0, 0.05) is 44.2 Å². The van der Waals surface area contributed by atoms with Gasteiger partial charge in [0.2, 0.25) is 5.91 Å². The van der Waals surface area contributed by atoms with Gasteiger partial charge in [0.05, 0.1) is 11.7 Å². The van der Waals surface area contributed by atoms with Gasteiger partial charge in [0.1, 0.15) is 5.60 Å². The molecular weight excluding hydrogens is 526 g/mol. The summed E-state index contributed by atoms with van der Waals surface area (Å²) in [6.45, 7) is 12.9. The molecule has 1 aromatic rings. The topological polar surface area (TPSA) is 108 Å². The number of anilines is 1. The number of benzene rings is 1. The second kappa shape index (κ2) is 12.0. The summed E-state index contributed by atoms with van der Waals surface area (Å²) in [5.74, 6) is -2.44. The Kier molecular flexibility index (Phi) is 9.31. The van der Waals surface area contributed by atoms with Gasteiger partial charge in [-0.25, -0.2) is 4.79 Å². The quantitative estimate of drug-likeness (QED) is 0.533. The van der Waals surface area contributed by atoms with Crippen molar-refractivity contribution in [3.8, 4) is 5.75 Å². The van der Waals surface area contributed by atoms with Crippen molar-refractivity contribution in [3.05, 3.63) is 23.3 Å². The number of hydrogen-bond donors (Lipinski definition) is 1. The van der Waals surface area contributed by atoms with E-state index in [0.717, 1.165) is 4.90 Å². The van der Waals surface area contributed by atoms with E-state index in [4.69, 9.17) is 9.47 Å². The number of ether oxygens (including phenoxy) is 2. The van der Waals surface area contributed by atoms with E-state index in [9.17, 15) is 28.0 Å². The summed E-state index contributed by atoms with van der Waals surface area (Å²) in [6, 6.07) is 2.18. The Bertz CT molecular complexity index is 1150. The average molecular weight is 567 g/mol. The van der Waals surface area contributed by atoms with Gasteiger partial charge in [-0.3, -0.25) is 19.3 Å². The van der Waals surface area contributed by atoms with Gasteiger partial charge in [0.25, 0.3) is 5.91 Å². The summed E-state index contributed by atoms with van der Waals surface area (Å²) in [5, 5.41) is 2.57. The number of likely N-dealkylation sites (tertiary alicyclic amines) is 1. The van der Waals surface area contributed by atoms with Crippen molar-refractivity contribution in [1.29, 1.82) is 0 Å². The first-order valence-electron chi connectivity index (χ1n) is 13.7. The molecule has 2 aliphatic rings. The predicted octanol–water partition coefficient (Wildman–Crippen LogP) is 4.09. The molecule has 40 heavy (non-hydrogen) atoms. The third-order valence-corrected chi connectivity index (χ3v) is 6.77. The van der Waals surface area contributed by atoms with Crippen LogP contribution < -0.4 is 15.0 Å². The maximum absolute atomic E-state index is 14.4. The molecule has 0 aliphatic carbocycles. The first-order valence-corrected chi connectivity index (χ1v) is 13.7. The number of aryl methyl sites for hydroxylation is 1. The second-order valence-electron chi connectivity index (χ2n) is 11.4. The molecule has 3 rings (SSSR count). The SMILES string of the molecule is CCC(=O)NCCN1C(=O)C(F)(F)Oc2cc(C)c(C(=O)N(C(C)C)[C@@H]3CCCN(C(=O)OC(C)(C)C)C3)cc21. The highest BCUT2D eigenvalue weighted by molar-refractivity contribution is 6.04. The summed E-state index contributed by atoms with van der Waals surface area (Å²) in [7, 11) is 0. The molecule has 4 amide bonds. The number of carbonyl (C=O) groups excluding carboxylic acids is 4. The van der Waals surface area contributed by atoms with Gasteiger partial charge in [-0.1, -0.05) is 6.92 Å². The Morgan fingerprint density at radius 1 is 1.25 bits per heavy atom. The molecular formula is C28H40F2N4O6. The minimum absolute atomic E-state index is 0.0263. The van der Waals surface area contributed by atoms with Crippen LogP contribution in [0.1, 0.15) is 76.7 Å². The van der Waals surface area contributed by atoms with Crippen LogP contribution in [0.4, 0.5) is 19.3 Å². The van der Waals surface area contributed by atoms with Gasteiger partial charge in [-0.15, -0.1) is 0 Å². The van der Waals surface area contributed by atoms with Crippen molar-refractivity contribution in [3.63, 3.8) is 0 Å². The van der Waals surface area contributed by atoms with E-state index in [1.165, 1.54) is 12.1 Å². The monoisotopic (exact) mass is 566 g/mol. The average Bonchev–Trinajstić information content (AvgIpc) is 2.84. The lowest BCUT2D eigenvalue weighted by Gasteiger charge is -2.42. The Morgan fingerprint density at radius 2 is 1.93 bits per heavy atom. The number of halogens is 2. The van der Waals surface area contributed by atoms with Crippen LogP contribution in [-0.2, 0) is 14.3 Å². The van der Waals surface area contributed by atoms with Gasteiger partial charge >= 0.3 is 18.1 Å². The molecule has 2 heterocycles. The summed E-state index contributed by atoms with van der Waals surface area (Å²) < 4.78 is 39.1. The van der Waals surface area contributed by atoms with Crippen LogP contribution in [0.5, 0.6) is 5.75 Å². The summed E-state index contributed by atoms with van der Waals surface area (Å²) in [6.07, 6.45) is -2.97. The van der Waals surface area contributed by atoms with E-state index in [0.29, 0.717) is 31.5 Å². The highest BCUT2D eigenvalue weighted by Gasteiger charge is 2.51. The Balaban J connectivity index is 1.92. The molecule has 222 valence electrons. The molecule has 1 atom stereocenters. The van der Waals surface area contributed by atoms with E-state index < -0.39 is 23.7 Å². The van der Waals surface area contributed by atoms with Gasteiger partial charge < -0.3 is 24.6 Å². The number of hydrogen-bond acceptors (Lipinski definition) is 6. The summed E-state index contributed by atoms with van der Waals surface area (Å²) in [5.41, 5.74) is 0.00214. The minimum Gasteiger partial charge on any atom is -0.444 e. The van der Waals surface area contributed by atoms with Crippen LogP contribution in [0.3, 0.4) is 0 Å². The van der Waals surface area contributed by atoms with Crippen molar-refractivity contribution in [2.24, 2.45) is 0 Å². The Labute approximate surface area is 233 Å². The lowest BCUT2D eigenvalue weighted by Crippen LogP contribution is -2.55. The molecule has 1 saturated heterocycles. The van der Waals surface area contributed by atoms with E-state index in [1.54, 1.807) is 44.4 Å². The molecule has 0 aromatic heterocycles. The molecule has 0 spiro atoms. The Morgan fingerprint density at radius 3 is 2.52 bits per heavy atom. The van der Waals surface area contributed by atoms with Crippen molar-refractivity contribution < 1.29 is 37.4 Å². The zero-order chi connectivity index (χ0) is 30.0. The number of piperidine rings is 1. The zero-order valence-electron chi connectivity index (χ0n) is 24.3. The predicted molar refractivity (Wildman–Crippen MR) is 145 cm³/mol. The Hall–Kier alpha value is -3.44. The number of alkyl halides is 2. The first-order chi connectivity index (χ1) is 18.6. The van der Waals surface area contributed by atoms with Gasteiger partial charge in [0.15, 0.2) is 5.75 Å². The van der Waals surface area contributed by atoms with Crippen LogP contribution in [0, 0.1) is 6.92 Å². The van der Waals surface area contributed by atoms with Crippen LogP contribution in [0.25, 0.3) is 0 Å². The van der Waals surface area contributed by atoms with Crippen LogP contribution in [-0.4, -0.2) is 83.6 Å². The molecule has 1 aromatic carbocycles. The molecule has 2 aliphatic heterocycles. The third kappa shape index (κ3) is 7.00. The smallest absolute Gasteiger partial charge is 0.444 e. The van der Waals surface area contributed by atoms with Gasteiger partial charge in [-0.2, -0.15) is 8.78 Å². The molecule has 0 radical (unpaired) electrons. The fraction of sp³-hybridized carbons (Fsp3) is 0.643. The number of amides is 4. The largest absolute Gasteiger partial charge is 0.482 e. The lowest BCUT2D eigenvalue weighted by molar-refractivity contribution is -0.192. The molecule has 1 N–H and O–H groups in total. The number of nitrogens with one attached hydrogen (secondary N) is 1. The highest BCUT2D eigenvalue weighted by Crippen LogP contribution is 2.41. The van der Waals surface area contributed by atoms with Crippen LogP contribution >= 0.6 is 0 Å².